The van der Waals surface area contributed by atoms with Crippen LogP contribution in [-0.2, 0) is 46.2 Å². The average molecular weight is 1640 g/mol. The highest BCUT2D eigenvalue weighted by molar-refractivity contribution is 5.48. The molecule has 18 nitrogen and oxygen atoms in total. The minimum absolute atomic E-state index is 0. The van der Waals surface area contributed by atoms with Crippen LogP contribution in [0.5, 0.6) is 46.0 Å². The second-order valence-electron chi connectivity index (χ2n) is 27.1. The first-order valence-corrected chi connectivity index (χ1v) is 38.6. The average Bonchev–Trinajstić information content (AvgIpc) is 0.893. The van der Waals surface area contributed by atoms with Gasteiger partial charge in [-0.2, -0.15) is 36.8 Å². The van der Waals surface area contributed by atoms with Gasteiger partial charge in [0.15, 0.2) is 0 Å². The first-order chi connectivity index (χ1) is 59.9. The van der Waals surface area contributed by atoms with E-state index in [4.69, 9.17) is 74.7 Å². The summed E-state index contributed by atoms with van der Waals surface area (Å²) in [7, 11) is 1.64. The molecule has 14 aromatic carbocycles. The van der Waals surface area contributed by atoms with Gasteiger partial charge >= 0.3 is 0 Å². The van der Waals surface area contributed by atoms with Gasteiger partial charge in [-0.1, -0.05) is 176 Å². The molecule has 0 spiro atoms. The van der Waals surface area contributed by atoms with Crippen LogP contribution in [-0.4, -0.2) is 12.0 Å². The van der Waals surface area contributed by atoms with E-state index in [2.05, 4.69) is 168 Å². The fraction of sp³-hybridized carbons (Fsp3) is 0.123. The van der Waals surface area contributed by atoms with E-state index in [0.29, 0.717) is 90.9 Å². The van der Waals surface area contributed by atoms with Gasteiger partial charge in [0, 0.05) is 12.1 Å². The zero-order valence-corrected chi connectivity index (χ0v) is 68.7. The molecule has 18 heteroatoms. The van der Waals surface area contributed by atoms with Gasteiger partial charge in [0.05, 0.1) is 93.5 Å². The minimum Gasteiger partial charge on any atom is -0.497 e. The number of hydrogen-bond donors (Lipinski definition) is 0. The number of non-ortho nitro benzene ring substituents is 1. The van der Waals surface area contributed by atoms with Crippen molar-refractivity contribution in [2.45, 2.75) is 81.4 Å². The topological polar surface area (TPSA) is 284 Å². The molecule has 0 unspecified atom stereocenters. The summed E-state index contributed by atoms with van der Waals surface area (Å²) in [4.78, 5) is 10.1. The lowest BCUT2D eigenvalue weighted by Crippen LogP contribution is -1.96. The van der Waals surface area contributed by atoms with Gasteiger partial charge in [-0.25, -0.2) is 0 Å². The van der Waals surface area contributed by atoms with E-state index in [-0.39, 0.29) is 13.1 Å². The van der Waals surface area contributed by atoms with Crippen LogP contribution in [0.3, 0.4) is 0 Å². The van der Waals surface area contributed by atoms with Gasteiger partial charge in [0.2, 0.25) is 0 Å². The van der Waals surface area contributed by atoms with E-state index >= 15 is 0 Å². The fourth-order valence-electron chi connectivity index (χ4n) is 10.5. The molecule has 0 radical (unpaired) electrons. The van der Waals surface area contributed by atoms with Crippen molar-refractivity contribution in [1.82, 2.24) is 0 Å². The lowest BCUT2D eigenvalue weighted by atomic mass is 10.1. The Morgan fingerprint density at radius 1 is 0.258 bits per heavy atom. The third kappa shape index (κ3) is 35.1. The number of ether oxygens (including phenoxy) is 8. The molecule has 0 bridgehead atoms. The number of nitro benzene ring substituents is 1. The van der Waals surface area contributed by atoms with E-state index in [1.807, 2.05) is 109 Å². The number of benzene rings is 14. The van der Waals surface area contributed by atoms with Crippen LogP contribution >= 0.6 is 0 Å². The molecular weight excluding hydrogens is 1550 g/mol. The van der Waals surface area contributed by atoms with Crippen molar-refractivity contribution in [2.75, 3.05) is 7.11 Å². The van der Waals surface area contributed by atoms with Crippen LogP contribution in [0, 0.1) is 117 Å². The second-order valence-corrected chi connectivity index (χ2v) is 27.1. The minimum atomic E-state index is -0.439. The predicted molar refractivity (Wildman–Crippen MR) is 482 cm³/mol. The second kappa shape index (κ2) is 52.7. The summed E-state index contributed by atoms with van der Waals surface area (Å²) < 4.78 is 44.3. The third-order valence-electron chi connectivity index (χ3n) is 17.7. The number of aryl methyl sites for hydroxylation is 4. The monoisotopic (exact) mass is 1640 g/mol. The Labute approximate surface area is 726 Å². The Morgan fingerprint density at radius 3 is 0.565 bits per heavy atom. The molecule has 616 valence electrons. The number of methoxy groups -OCH3 is 1. The van der Waals surface area contributed by atoms with Crippen molar-refractivity contribution in [3.05, 3.63) is 462 Å². The molecule has 0 saturated carbocycles. The molecule has 0 atom stereocenters. The van der Waals surface area contributed by atoms with Crippen LogP contribution in [0.4, 0.5) is 5.69 Å². The molecule has 0 heterocycles. The number of rotatable bonds is 24. The van der Waals surface area contributed by atoms with Gasteiger partial charge in [-0.3, -0.25) is 10.1 Å². The van der Waals surface area contributed by atoms with Crippen LogP contribution in [0.1, 0.15) is 113 Å². The van der Waals surface area contributed by atoms with Crippen LogP contribution in [0.25, 0.3) is 6.08 Å². The quantitative estimate of drug-likeness (QED) is 0.0401. The zero-order chi connectivity index (χ0) is 87.6. The van der Waals surface area contributed by atoms with Crippen molar-refractivity contribution in [2.24, 2.45) is 0 Å². The van der Waals surface area contributed by atoms with Crippen molar-refractivity contribution < 1.29 is 42.8 Å². The Balaban J connectivity index is 0.000000199. The van der Waals surface area contributed by atoms with E-state index in [9.17, 15) is 10.1 Å². The molecule has 14 rings (SSSR count). The molecular formula is C106H92N8O10. The van der Waals surface area contributed by atoms with Crippen LogP contribution < -0.4 is 37.9 Å². The van der Waals surface area contributed by atoms with Gasteiger partial charge < -0.3 is 37.9 Å². The lowest BCUT2D eigenvalue weighted by molar-refractivity contribution is -0.384. The Hall–Kier alpha value is -17.0. The van der Waals surface area contributed by atoms with Crippen molar-refractivity contribution in [3.8, 4) is 88.5 Å². The number of nitrogens with zero attached hydrogens (tertiary/aromatic N) is 8. The molecule has 0 fully saturated rings. The lowest BCUT2D eigenvalue weighted by Gasteiger charge is -2.07. The summed E-state index contributed by atoms with van der Waals surface area (Å²) in [5, 5.41) is 71.2. The summed E-state index contributed by atoms with van der Waals surface area (Å²) >= 11 is 0. The van der Waals surface area contributed by atoms with Gasteiger partial charge in [0.1, 0.15) is 92.2 Å². The van der Waals surface area contributed by atoms with E-state index < -0.39 is 4.92 Å². The summed E-state index contributed by atoms with van der Waals surface area (Å²) in [5.41, 5.74) is 18.1. The molecule has 14 aromatic rings. The molecule has 0 aliphatic carbocycles. The van der Waals surface area contributed by atoms with Gasteiger partial charge in [-0.05, 0) is 266 Å². The third-order valence-corrected chi connectivity index (χ3v) is 17.7. The molecule has 0 aromatic heterocycles. The Morgan fingerprint density at radius 2 is 0.411 bits per heavy atom. The fourth-order valence-corrected chi connectivity index (χ4v) is 10.5. The maximum atomic E-state index is 10.5. The highest BCUT2D eigenvalue weighted by Gasteiger charge is 2.08. The van der Waals surface area contributed by atoms with E-state index in [1.165, 1.54) is 34.4 Å². The van der Waals surface area contributed by atoms with Crippen molar-refractivity contribution >= 4 is 11.8 Å². The Kier molecular flexibility index (Phi) is 40.0. The normalized spacial score (nSPS) is 9.53. The van der Waals surface area contributed by atoms with E-state index in [1.54, 1.807) is 141 Å². The molecule has 0 N–H and O–H groups in total. The first kappa shape index (κ1) is 94.2. The smallest absolute Gasteiger partial charge is 0.269 e. The SMILES string of the molecule is C.C=Cc1ccc(COc2ccc(C#N)cc2)cc1.COc1ccc(COc2ccc(C#N)cc2)cc1.Cc1ccc(COc2ccc(C#N)cc2)cc1.Cc1ccc(COc2ccc(C#N)cc2)cc1.Cc1ccc(COc2ccc(C#N)cc2)cc1.Cc1ccc(COc2ccc(C#N)cc2)cc1.N#Cc1ccc(OCc2ccc([N+](=O)[O-])cc2)cc1. The highest BCUT2D eigenvalue weighted by Crippen LogP contribution is 2.23. The summed E-state index contributed by atoms with van der Waals surface area (Å²) in [6, 6.07) is 119. The number of hydrogen-bond acceptors (Lipinski definition) is 17. The largest absolute Gasteiger partial charge is 0.497 e. The van der Waals surface area contributed by atoms with Gasteiger partial charge in [0.25, 0.3) is 5.69 Å². The van der Waals surface area contributed by atoms with Crippen molar-refractivity contribution in [1.29, 1.82) is 36.8 Å². The summed E-state index contributed by atoms with van der Waals surface area (Å²) in [5.74, 6) is 6.13. The molecule has 0 aliphatic rings. The summed E-state index contributed by atoms with van der Waals surface area (Å²) in [6.45, 7) is 15.5. The summed E-state index contributed by atoms with van der Waals surface area (Å²) in [6.07, 6.45) is 1.81. The number of nitriles is 7. The highest BCUT2D eigenvalue weighted by atomic mass is 16.6. The molecule has 124 heavy (non-hydrogen) atoms. The van der Waals surface area contributed by atoms with Crippen molar-refractivity contribution in [3.63, 3.8) is 0 Å². The predicted octanol–water partition coefficient (Wildman–Crippen LogP) is 24.4. The van der Waals surface area contributed by atoms with Crippen LogP contribution in [0.15, 0.2) is 346 Å². The standard InChI is InChI=1S/C16H13NO.C15H13NO2.4C15H13NO.C14H10N2O3.CH4/c1-2-13-3-5-15(6-4-13)12-18-16-9-7-14(11-17)8-10-16;1-17-14-6-4-13(5-7-14)11-18-15-8-2-12(10-16)3-9-15;4*1-12-2-4-14(5-3-12)11-17-15-8-6-13(10-16)7-9-15;15-9-11-3-7-14(8-4-11)19-10-12-1-5-13(6-2-12)16(17)18;/h2-10H,1,12H2;2-9H,11H2,1H3;4*2-9H,11H2,1H3;1-8H,10H2;1H4. The zero-order valence-electron chi connectivity index (χ0n) is 68.7. The Bertz CT molecular complexity index is 5460. The van der Waals surface area contributed by atoms with Gasteiger partial charge in [-0.15, -0.1) is 0 Å². The van der Waals surface area contributed by atoms with E-state index in [0.717, 1.165) is 84.8 Å². The molecule has 0 amide bonds. The number of nitro groups is 1. The maximum Gasteiger partial charge on any atom is 0.269 e. The molecule has 0 saturated heterocycles. The maximum absolute atomic E-state index is 10.5. The molecule has 0 aliphatic heterocycles. The first-order valence-electron chi connectivity index (χ1n) is 38.6. The van der Waals surface area contributed by atoms with Crippen LogP contribution in [0.2, 0.25) is 0 Å².